The van der Waals surface area contributed by atoms with Gasteiger partial charge in [-0.3, -0.25) is 14.9 Å². The molecule has 100 valence electrons. The van der Waals surface area contributed by atoms with Gasteiger partial charge in [-0.05, 0) is 18.6 Å². The van der Waals surface area contributed by atoms with Crippen molar-refractivity contribution in [1.29, 1.82) is 0 Å². The van der Waals surface area contributed by atoms with Gasteiger partial charge >= 0.3 is 0 Å². The third-order valence-electron chi connectivity index (χ3n) is 2.59. The van der Waals surface area contributed by atoms with Crippen molar-refractivity contribution in [2.75, 3.05) is 5.32 Å². The van der Waals surface area contributed by atoms with Crippen LogP contribution in [0.15, 0.2) is 18.2 Å². The molecule has 0 aliphatic heterocycles. The molecule has 1 aromatic carbocycles. The van der Waals surface area contributed by atoms with E-state index in [2.05, 4.69) is 11.2 Å². The second-order valence-corrected chi connectivity index (χ2v) is 4.01. The number of anilines is 1. The number of carbonyl (C=O) groups is 1. The Morgan fingerprint density at radius 3 is 2.79 bits per heavy atom. The molecule has 1 amide bonds. The van der Waals surface area contributed by atoms with Gasteiger partial charge in [-0.2, -0.15) is 0 Å². The number of primary amides is 1. The summed E-state index contributed by atoms with van der Waals surface area (Å²) >= 11 is 0. The van der Waals surface area contributed by atoms with Crippen LogP contribution in [0.1, 0.15) is 30.1 Å². The summed E-state index contributed by atoms with van der Waals surface area (Å²) in [7, 11) is 0. The Kier molecular flexibility index (Phi) is 4.89. The summed E-state index contributed by atoms with van der Waals surface area (Å²) in [6.45, 7) is 1.96. The van der Waals surface area contributed by atoms with E-state index in [-0.39, 0.29) is 23.0 Å². The number of amides is 1. The van der Waals surface area contributed by atoms with Gasteiger partial charge < -0.3 is 11.1 Å². The van der Waals surface area contributed by atoms with E-state index >= 15 is 0 Å². The summed E-state index contributed by atoms with van der Waals surface area (Å²) in [5, 5.41) is 13.8. The van der Waals surface area contributed by atoms with Crippen LogP contribution in [0.5, 0.6) is 0 Å². The molecule has 0 spiro atoms. The maximum atomic E-state index is 11.1. The summed E-state index contributed by atoms with van der Waals surface area (Å²) in [6.07, 6.45) is 6.87. The molecule has 1 aromatic rings. The quantitative estimate of drug-likeness (QED) is 0.464. The minimum atomic E-state index is -0.648. The number of nitro benzene ring substituents is 1. The molecule has 0 saturated heterocycles. The summed E-state index contributed by atoms with van der Waals surface area (Å²) in [5.41, 5.74) is 5.42. The third kappa shape index (κ3) is 3.71. The molecule has 0 fully saturated rings. The predicted octanol–water partition coefficient (Wildman–Crippen LogP) is 1.91. The Balaban J connectivity index is 3.14. The largest absolute Gasteiger partial charge is 0.366 e. The smallest absolute Gasteiger partial charge is 0.292 e. The molecule has 0 heterocycles. The van der Waals surface area contributed by atoms with Gasteiger partial charge in [0.05, 0.1) is 11.0 Å². The van der Waals surface area contributed by atoms with Gasteiger partial charge in [-0.1, -0.05) is 19.3 Å². The number of carbonyl (C=O) groups excluding carboxylic acids is 1. The van der Waals surface area contributed by atoms with E-state index in [0.29, 0.717) is 6.42 Å². The van der Waals surface area contributed by atoms with E-state index in [1.54, 1.807) is 0 Å². The first-order chi connectivity index (χ1) is 8.99. The monoisotopic (exact) mass is 261 g/mol. The normalized spacial score (nSPS) is 11.4. The molecule has 0 saturated carbocycles. The highest BCUT2D eigenvalue weighted by Crippen LogP contribution is 2.26. The molecule has 0 aliphatic carbocycles. The van der Waals surface area contributed by atoms with Crippen LogP contribution in [-0.2, 0) is 0 Å². The van der Waals surface area contributed by atoms with Crippen LogP contribution in [0, 0.1) is 22.5 Å². The van der Waals surface area contributed by atoms with Crippen LogP contribution in [0.3, 0.4) is 0 Å². The first kappa shape index (κ1) is 14.5. The number of nitrogens with zero attached hydrogens (tertiary/aromatic N) is 1. The lowest BCUT2D eigenvalue weighted by atomic mass is 10.1. The number of hydrogen-bond donors (Lipinski definition) is 2. The standard InChI is InChI=1S/C13H15N3O3/c1-3-5-10(4-2)15-11-8-9(13(14)17)6-7-12(11)16(18)19/h2,6-8,10,15H,3,5H2,1H3,(H2,14,17). The third-order valence-corrected chi connectivity index (χ3v) is 2.59. The molecule has 3 N–H and O–H groups in total. The van der Waals surface area contributed by atoms with Crippen molar-refractivity contribution in [2.45, 2.75) is 25.8 Å². The zero-order valence-electron chi connectivity index (χ0n) is 10.6. The fraction of sp³-hybridized carbons (Fsp3) is 0.308. The van der Waals surface area contributed by atoms with Gasteiger partial charge in [0, 0.05) is 11.6 Å². The molecule has 0 bridgehead atoms. The Morgan fingerprint density at radius 1 is 1.63 bits per heavy atom. The van der Waals surface area contributed by atoms with Crippen molar-refractivity contribution >= 4 is 17.3 Å². The highest BCUT2D eigenvalue weighted by Gasteiger charge is 2.17. The maximum Gasteiger partial charge on any atom is 0.292 e. The second kappa shape index (κ2) is 6.40. The molecular weight excluding hydrogens is 246 g/mol. The fourth-order valence-corrected chi connectivity index (χ4v) is 1.64. The zero-order valence-corrected chi connectivity index (χ0v) is 10.6. The molecule has 1 unspecified atom stereocenters. The summed E-state index contributed by atoms with van der Waals surface area (Å²) in [6, 6.07) is 3.57. The molecule has 0 radical (unpaired) electrons. The minimum Gasteiger partial charge on any atom is -0.366 e. The average molecular weight is 261 g/mol. The van der Waals surface area contributed by atoms with Crippen LogP contribution < -0.4 is 11.1 Å². The molecular formula is C13H15N3O3. The van der Waals surface area contributed by atoms with Crippen molar-refractivity contribution in [1.82, 2.24) is 0 Å². The van der Waals surface area contributed by atoms with E-state index in [9.17, 15) is 14.9 Å². The van der Waals surface area contributed by atoms with Crippen LogP contribution in [0.25, 0.3) is 0 Å². The number of terminal acetylenes is 1. The molecule has 1 rings (SSSR count). The Labute approximate surface area is 111 Å². The minimum absolute atomic E-state index is 0.138. The fourth-order valence-electron chi connectivity index (χ4n) is 1.64. The number of nitrogens with one attached hydrogen (secondary N) is 1. The van der Waals surface area contributed by atoms with Crippen LogP contribution in [0.4, 0.5) is 11.4 Å². The first-order valence-electron chi connectivity index (χ1n) is 5.80. The lowest BCUT2D eigenvalue weighted by Crippen LogP contribution is -2.18. The highest BCUT2D eigenvalue weighted by atomic mass is 16.6. The highest BCUT2D eigenvalue weighted by molar-refractivity contribution is 5.94. The van der Waals surface area contributed by atoms with Crippen LogP contribution >= 0.6 is 0 Å². The van der Waals surface area contributed by atoms with E-state index < -0.39 is 10.8 Å². The van der Waals surface area contributed by atoms with Gasteiger partial charge in [-0.15, -0.1) is 6.42 Å². The molecule has 0 aromatic heterocycles. The second-order valence-electron chi connectivity index (χ2n) is 4.01. The SMILES string of the molecule is C#CC(CCC)Nc1cc(C(N)=O)ccc1[N+](=O)[O-]. The van der Waals surface area contributed by atoms with Gasteiger partial charge in [0.2, 0.25) is 5.91 Å². The first-order valence-corrected chi connectivity index (χ1v) is 5.80. The van der Waals surface area contributed by atoms with E-state index in [1.807, 2.05) is 6.92 Å². The van der Waals surface area contributed by atoms with Crippen molar-refractivity contribution in [3.63, 3.8) is 0 Å². The van der Waals surface area contributed by atoms with Gasteiger partial charge in [0.15, 0.2) is 0 Å². The van der Waals surface area contributed by atoms with Crippen molar-refractivity contribution < 1.29 is 9.72 Å². The van der Waals surface area contributed by atoms with E-state index in [4.69, 9.17) is 12.2 Å². The zero-order chi connectivity index (χ0) is 14.4. The van der Waals surface area contributed by atoms with Crippen LogP contribution in [0.2, 0.25) is 0 Å². The Morgan fingerprint density at radius 2 is 2.32 bits per heavy atom. The van der Waals surface area contributed by atoms with E-state index in [0.717, 1.165) is 6.42 Å². The van der Waals surface area contributed by atoms with Gasteiger partial charge in [0.25, 0.3) is 5.69 Å². The Hall–Kier alpha value is -2.55. The molecule has 19 heavy (non-hydrogen) atoms. The number of nitrogens with two attached hydrogens (primary N) is 1. The maximum absolute atomic E-state index is 11.1. The summed E-state index contributed by atoms with van der Waals surface area (Å²) < 4.78 is 0. The van der Waals surface area contributed by atoms with Crippen molar-refractivity contribution in [3.05, 3.63) is 33.9 Å². The number of rotatable bonds is 6. The van der Waals surface area contributed by atoms with Crippen molar-refractivity contribution in [3.8, 4) is 12.3 Å². The van der Waals surface area contributed by atoms with Crippen LogP contribution in [-0.4, -0.2) is 16.9 Å². The number of hydrogen-bond acceptors (Lipinski definition) is 4. The topological polar surface area (TPSA) is 98.3 Å². The average Bonchev–Trinajstić information content (AvgIpc) is 2.37. The molecule has 1 atom stereocenters. The summed E-state index contributed by atoms with van der Waals surface area (Å²) in [5.74, 6) is 1.87. The summed E-state index contributed by atoms with van der Waals surface area (Å²) in [4.78, 5) is 21.5. The Bertz CT molecular complexity index is 534. The molecule has 0 aliphatic rings. The lowest BCUT2D eigenvalue weighted by molar-refractivity contribution is -0.384. The van der Waals surface area contributed by atoms with E-state index in [1.165, 1.54) is 18.2 Å². The molecule has 6 heteroatoms. The number of nitro groups is 1. The molecule has 6 nitrogen and oxygen atoms in total. The number of benzene rings is 1. The predicted molar refractivity (Wildman–Crippen MR) is 72.8 cm³/mol. The van der Waals surface area contributed by atoms with Crippen molar-refractivity contribution in [2.24, 2.45) is 5.73 Å². The van der Waals surface area contributed by atoms with Gasteiger partial charge in [-0.25, -0.2) is 0 Å². The van der Waals surface area contributed by atoms with Gasteiger partial charge in [0.1, 0.15) is 5.69 Å². The lowest BCUT2D eigenvalue weighted by Gasteiger charge is -2.14.